The van der Waals surface area contributed by atoms with E-state index in [2.05, 4.69) is 20.4 Å². The molecule has 0 bridgehead atoms. The van der Waals surface area contributed by atoms with Gasteiger partial charge in [0.1, 0.15) is 0 Å². The number of anilines is 2. The van der Waals surface area contributed by atoms with E-state index in [1.165, 1.54) is 12.8 Å². The van der Waals surface area contributed by atoms with Crippen molar-refractivity contribution in [2.24, 2.45) is 0 Å². The van der Waals surface area contributed by atoms with Crippen LogP contribution >= 0.6 is 0 Å². The van der Waals surface area contributed by atoms with Gasteiger partial charge in [0, 0.05) is 19.5 Å². The maximum absolute atomic E-state index is 11.9. The van der Waals surface area contributed by atoms with Gasteiger partial charge in [0.15, 0.2) is 11.6 Å². The Bertz CT molecular complexity index is 606. The van der Waals surface area contributed by atoms with E-state index in [4.69, 9.17) is 0 Å². The first-order valence-corrected chi connectivity index (χ1v) is 7.74. The van der Waals surface area contributed by atoms with E-state index < -0.39 is 0 Å². The fraction of sp³-hybridized carbons (Fsp3) is 0.353. The molecule has 1 N–H and O–H groups in total. The lowest BCUT2D eigenvalue weighted by Crippen LogP contribution is -2.20. The number of hydrogen-bond donors (Lipinski definition) is 1. The SMILES string of the molecule is O=C(CCc1ccccc1)Nc1ccc(N2CCCC2)nn1. The summed E-state index contributed by atoms with van der Waals surface area (Å²) >= 11 is 0. The number of carbonyl (C=O) groups is 1. The van der Waals surface area contributed by atoms with Crippen molar-refractivity contribution < 1.29 is 4.79 Å². The van der Waals surface area contributed by atoms with E-state index in [0.717, 1.165) is 30.9 Å². The molecule has 22 heavy (non-hydrogen) atoms. The summed E-state index contributed by atoms with van der Waals surface area (Å²) in [6, 6.07) is 13.7. The lowest BCUT2D eigenvalue weighted by molar-refractivity contribution is -0.116. The first kappa shape index (κ1) is 14.5. The third kappa shape index (κ3) is 3.81. The summed E-state index contributed by atoms with van der Waals surface area (Å²) in [5.74, 6) is 1.37. The highest BCUT2D eigenvalue weighted by molar-refractivity contribution is 5.89. The van der Waals surface area contributed by atoms with Crippen LogP contribution in [-0.2, 0) is 11.2 Å². The molecule has 1 aromatic carbocycles. The highest BCUT2D eigenvalue weighted by Gasteiger charge is 2.14. The third-order valence-electron chi connectivity index (χ3n) is 3.83. The molecule has 0 aliphatic carbocycles. The summed E-state index contributed by atoms with van der Waals surface area (Å²) in [5.41, 5.74) is 1.16. The van der Waals surface area contributed by atoms with Crippen LogP contribution in [0.15, 0.2) is 42.5 Å². The molecule has 1 aromatic heterocycles. The van der Waals surface area contributed by atoms with E-state index in [-0.39, 0.29) is 5.91 Å². The second-order valence-electron chi connectivity index (χ2n) is 5.50. The molecule has 3 rings (SSSR count). The van der Waals surface area contributed by atoms with Gasteiger partial charge in [-0.1, -0.05) is 30.3 Å². The number of aromatic nitrogens is 2. The fourth-order valence-electron chi connectivity index (χ4n) is 2.61. The van der Waals surface area contributed by atoms with Gasteiger partial charge in [-0.15, -0.1) is 10.2 Å². The number of hydrogen-bond acceptors (Lipinski definition) is 4. The predicted octanol–water partition coefficient (Wildman–Crippen LogP) is 2.65. The minimum absolute atomic E-state index is 0.0351. The molecule has 1 fully saturated rings. The quantitative estimate of drug-likeness (QED) is 0.921. The second kappa shape index (κ2) is 7.02. The Labute approximate surface area is 130 Å². The molecule has 5 heteroatoms. The zero-order chi connectivity index (χ0) is 15.2. The lowest BCUT2D eigenvalue weighted by atomic mass is 10.1. The van der Waals surface area contributed by atoms with Gasteiger partial charge in [0.05, 0.1) is 0 Å². The highest BCUT2D eigenvalue weighted by Crippen LogP contribution is 2.17. The molecule has 0 radical (unpaired) electrons. The molecule has 5 nitrogen and oxygen atoms in total. The van der Waals surface area contributed by atoms with Crippen LogP contribution in [0.25, 0.3) is 0 Å². The van der Waals surface area contributed by atoms with Gasteiger partial charge in [-0.3, -0.25) is 4.79 Å². The number of carbonyl (C=O) groups excluding carboxylic acids is 1. The lowest BCUT2D eigenvalue weighted by Gasteiger charge is -2.15. The van der Waals surface area contributed by atoms with Gasteiger partial charge in [-0.25, -0.2) is 0 Å². The van der Waals surface area contributed by atoms with E-state index in [1.54, 1.807) is 0 Å². The first-order chi connectivity index (χ1) is 10.8. The molecule has 1 amide bonds. The Morgan fingerprint density at radius 3 is 2.50 bits per heavy atom. The molecular formula is C17H20N4O. The van der Waals surface area contributed by atoms with Crippen molar-refractivity contribution in [3.63, 3.8) is 0 Å². The number of aryl methyl sites for hydroxylation is 1. The van der Waals surface area contributed by atoms with Crippen molar-refractivity contribution in [2.45, 2.75) is 25.7 Å². The van der Waals surface area contributed by atoms with E-state index in [9.17, 15) is 4.79 Å². The summed E-state index contributed by atoms with van der Waals surface area (Å²) < 4.78 is 0. The van der Waals surface area contributed by atoms with Gasteiger partial charge in [-0.2, -0.15) is 0 Å². The summed E-state index contributed by atoms with van der Waals surface area (Å²) in [6.45, 7) is 2.08. The molecule has 0 atom stereocenters. The standard InChI is InChI=1S/C17H20N4O/c22-17(11-8-14-6-2-1-3-7-14)18-15-9-10-16(20-19-15)21-12-4-5-13-21/h1-3,6-7,9-10H,4-5,8,11-13H2,(H,18,19,22). The normalized spacial score (nSPS) is 14.1. The van der Waals surface area contributed by atoms with Crippen LogP contribution in [0.5, 0.6) is 0 Å². The minimum Gasteiger partial charge on any atom is -0.355 e. The summed E-state index contributed by atoms with van der Waals surface area (Å²) in [4.78, 5) is 14.2. The van der Waals surface area contributed by atoms with Gasteiger partial charge < -0.3 is 10.2 Å². The highest BCUT2D eigenvalue weighted by atomic mass is 16.1. The molecule has 1 saturated heterocycles. The topological polar surface area (TPSA) is 58.1 Å². The Balaban J connectivity index is 1.50. The predicted molar refractivity (Wildman–Crippen MR) is 86.9 cm³/mol. The van der Waals surface area contributed by atoms with Crippen molar-refractivity contribution >= 4 is 17.5 Å². The molecule has 1 aliphatic heterocycles. The number of benzene rings is 1. The Hall–Kier alpha value is -2.43. The van der Waals surface area contributed by atoms with Crippen LogP contribution in [0.1, 0.15) is 24.8 Å². The van der Waals surface area contributed by atoms with E-state index >= 15 is 0 Å². The molecule has 0 spiro atoms. The molecule has 2 heterocycles. The molecule has 114 valence electrons. The van der Waals surface area contributed by atoms with Crippen LogP contribution in [0.2, 0.25) is 0 Å². The monoisotopic (exact) mass is 296 g/mol. The Kier molecular flexibility index (Phi) is 4.63. The van der Waals surface area contributed by atoms with Crippen LogP contribution in [0, 0.1) is 0 Å². The fourth-order valence-corrected chi connectivity index (χ4v) is 2.61. The van der Waals surface area contributed by atoms with E-state index in [1.807, 2.05) is 42.5 Å². The molecule has 1 aliphatic rings. The van der Waals surface area contributed by atoms with Crippen molar-refractivity contribution in [1.29, 1.82) is 0 Å². The smallest absolute Gasteiger partial charge is 0.225 e. The Morgan fingerprint density at radius 2 is 1.82 bits per heavy atom. The maximum Gasteiger partial charge on any atom is 0.225 e. The zero-order valence-electron chi connectivity index (χ0n) is 12.5. The maximum atomic E-state index is 11.9. The van der Waals surface area contributed by atoms with Gasteiger partial charge in [-0.05, 0) is 37.0 Å². The largest absolute Gasteiger partial charge is 0.355 e. The minimum atomic E-state index is -0.0351. The summed E-state index contributed by atoms with van der Waals surface area (Å²) in [7, 11) is 0. The van der Waals surface area contributed by atoms with Crippen LogP contribution in [0.4, 0.5) is 11.6 Å². The summed E-state index contributed by atoms with van der Waals surface area (Å²) in [5, 5.41) is 11.1. The second-order valence-corrected chi connectivity index (χ2v) is 5.50. The number of amides is 1. The molecule has 0 unspecified atom stereocenters. The van der Waals surface area contributed by atoms with Crippen molar-refractivity contribution in [1.82, 2.24) is 10.2 Å². The molecule has 2 aromatic rings. The van der Waals surface area contributed by atoms with Gasteiger partial charge in [0.25, 0.3) is 0 Å². The number of rotatable bonds is 5. The van der Waals surface area contributed by atoms with Crippen molar-refractivity contribution in [3.05, 3.63) is 48.0 Å². The summed E-state index contributed by atoms with van der Waals surface area (Å²) in [6.07, 6.45) is 3.59. The zero-order valence-corrected chi connectivity index (χ0v) is 12.5. The van der Waals surface area contributed by atoms with Crippen LogP contribution in [0.3, 0.4) is 0 Å². The first-order valence-electron chi connectivity index (χ1n) is 7.74. The van der Waals surface area contributed by atoms with E-state index in [0.29, 0.717) is 12.2 Å². The number of nitrogens with zero attached hydrogens (tertiary/aromatic N) is 3. The van der Waals surface area contributed by atoms with Crippen LogP contribution < -0.4 is 10.2 Å². The third-order valence-corrected chi connectivity index (χ3v) is 3.83. The van der Waals surface area contributed by atoms with Crippen molar-refractivity contribution in [3.8, 4) is 0 Å². The van der Waals surface area contributed by atoms with Gasteiger partial charge in [0.2, 0.25) is 5.91 Å². The average molecular weight is 296 g/mol. The van der Waals surface area contributed by atoms with Gasteiger partial charge >= 0.3 is 0 Å². The van der Waals surface area contributed by atoms with Crippen LogP contribution in [-0.4, -0.2) is 29.2 Å². The Morgan fingerprint density at radius 1 is 1.05 bits per heavy atom. The average Bonchev–Trinajstić information content (AvgIpc) is 3.09. The molecular weight excluding hydrogens is 276 g/mol. The molecule has 0 saturated carbocycles. The number of nitrogens with one attached hydrogen (secondary N) is 1. The van der Waals surface area contributed by atoms with Crippen molar-refractivity contribution in [2.75, 3.05) is 23.3 Å².